The van der Waals surface area contributed by atoms with Gasteiger partial charge >= 0.3 is 0 Å². The molecule has 2 bridgehead atoms. The quantitative estimate of drug-likeness (QED) is 0.770. The van der Waals surface area contributed by atoms with Crippen LogP contribution in [0.2, 0.25) is 0 Å². The van der Waals surface area contributed by atoms with Crippen molar-refractivity contribution < 1.29 is 13.2 Å². The molecule has 0 N–H and O–H groups in total. The molecule has 0 aromatic heterocycles. The van der Waals surface area contributed by atoms with E-state index < -0.39 is 10.0 Å². The zero-order valence-electron chi connectivity index (χ0n) is 14.1. The van der Waals surface area contributed by atoms with E-state index in [9.17, 15) is 8.42 Å². The molecule has 2 aliphatic heterocycles. The molecule has 4 nitrogen and oxygen atoms in total. The van der Waals surface area contributed by atoms with Crippen molar-refractivity contribution in [1.29, 1.82) is 0 Å². The molecule has 2 unspecified atom stereocenters. The van der Waals surface area contributed by atoms with Crippen LogP contribution in [0.3, 0.4) is 0 Å². The molecule has 5 heteroatoms. The van der Waals surface area contributed by atoms with Crippen molar-refractivity contribution in [1.82, 2.24) is 4.31 Å². The number of fused-ring (bicyclic) bond motifs is 2. The Morgan fingerprint density at radius 2 is 1.80 bits per heavy atom. The van der Waals surface area contributed by atoms with Crippen molar-refractivity contribution in [3.05, 3.63) is 66.2 Å². The summed E-state index contributed by atoms with van der Waals surface area (Å²) in [5, 5.41) is 0. The van der Waals surface area contributed by atoms with Crippen molar-refractivity contribution in [3.63, 3.8) is 0 Å². The lowest BCUT2D eigenvalue weighted by Crippen LogP contribution is -2.41. The van der Waals surface area contributed by atoms with Crippen LogP contribution in [0, 0.1) is 6.92 Å². The zero-order valence-corrected chi connectivity index (χ0v) is 14.9. The van der Waals surface area contributed by atoms with E-state index in [0.29, 0.717) is 10.6 Å². The van der Waals surface area contributed by atoms with E-state index in [1.54, 1.807) is 28.6 Å². The molecule has 1 saturated heterocycles. The highest BCUT2D eigenvalue weighted by atomic mass is 32.2. The summed E-state index contributed by atoms with van der Waals surface area (Å²) in [5.41, 5.74) is 1.04. The molecule has 0 radical (unpaired) electrons. The van der Waals surface area contributed by atoms with Gasteiger partial charge in [-0.15, -0.1) is 0 Å². The van der Waals surface area contributed by atoms with Crippen LogP contribution in [0.15, 0.2) is 65.6 Å². The smallest absolute Gasteiger partial charge is 0.243 e. The Kier molecular flexibility index (Phi) is 4.13. The Balaban J connectivity index is 1.58. The van der Waals surface area contributed by atoms with Gasteiger partial charge in [-0.05, 0) is 62.1 Å². The molecule has 2 aromatic carbocycles. The molecule has 2 aliphatic rings. The Hall–Kier alpha value is -2.11. The fraction of sp³-hybridized carbons (Fsp3) is 0.300. The maximum atomic E-state index is 13.0. The van der Waals surface area contributed by atoms with Crippen LogP contribution in [-0.2, 0) is 10.0 Å². The summed E-state index contributed by atoms with van der Waals surface area (Å²) >= 11 is 0. The molecule has 0 aliphatic carbocycles. The highest BCUT2D eigenvalue weighted by Crippen LogP contribution is 2.37. The van der Waals surface area contributed by atoms with Gasteiger partial charge in [0.05, 0.1) is 4.90 Å². The lowest BCUT2D eigenvalue weighted by atomic mass is 10.2. The molecule has 0 amide bonds. The van der Waals surface area contributed by atoms with Crippen LogP contribution >= 0.6 is 0 Å². The van der Waals surface area contributed by atoms with Crippen molar-refractivity contribution >= 4 is 10.0 Å². The number of nitrogens with zero attached hydrogens (tertiary/aromatic N) is 1. The average Bonchev–Trinajstić information content (AvgIpc) is 2.88. The largest absolute Gasteiger partial charge is 0.457 e. The second-order valence-electron chi connectivity index (χ2n) is 6.64. The Morgan fingerprint density at radius 3 is 2.52 bits per heavy atom. The Morgan fingerprint density at radius 1 is 1.04 bits per heavy atom. The summed E-state index contributed by atoms with van der Waals surface area (Å²) in [7, 11) is -3.47. The van der Waals surface area contributed by atoms with Crippen molar-refractivity contribution in [2.45, 2.75) is 43.2 Å². The molecule has 2 atom stereocenters. The van der Waals surface area contributed by atoms with Gasteiger partial charge in [0.15, 0.2) is 0 Å². The van der Waals surface area contributed by atoms with Crippen LogP contribution in [0.5, 0.6) is 11.5 Å². The number of para-hydroxylation sites is 1. The Labute approximate surface area is 148 Å². The third-order valence-electron chi connectivity index (χ3n) is 4.97. The first kappa shape index (κ1) is 16.4. The number of hydrogen-bond donors (Lipinski definition) is 0. The van der Waals surface area contributed by atoms with E-state index in [2.05, 4.69) is 6.08 Å². The Bertz CT molecular complexity index is 903. The fourth-order valence-corrected chi connectivity index (χ4v) is 5.50. The van der Waals surface area contributed by atoms with E-state index >= 15 is 0 Å². The van der Waals surface area contributed by atoms with Gasteiger partial charge in [-0.1, -0.05) is 30.4 Å². The maximum Gasteiger partial charge on any atom is 0.243 e. The van der Waals surface area contributed by atoms with E-state index in [1.807, 2.05) is 37.3 Å². The summed E-state index contributed by atoms with van der Waals surface area (Å²) in [5.74, 6) is 1.41. The van der Waals surface area contributed by atoms with Crippen LogP contribution in [0.4, 0.5) is 0 Å². The average molecular weight is 355 g/mol. The minimum absolute atomic E-state index is 0.00615. The molecule has 0 saturated carbocycles. The number of ether oxygens (including phenoxy) is 1. The first-order valence-corrected chi connectivity index (χ1v) is 10.0. The van der Waals surface area contributed by atoms with E-state index in [1.165, 1.54) is 0 Å². The standard InChI is InChI=1S/C20H21NO3S/c1-15-5-2-3-8-20(15)24-18-11-13-19(14-12-18)25(22,23)21-16-6-4-7-17(21)10-9-16/h2-6,8,11-14,16-17H,7,9-10H2,1H3. The molecule has 130 valence electrons. The highest BCUT2D eigenvalue weighted by Gasteiger charge is 2.42. The number of hydrogen-bond acceptors (Lipinski definition) is 3. The molecule has 0 spiro atoms. The zero-order chi connectivity index (χ0) is 17.4. The molecule has 2 aromatic rings. The van der Waals surface area contributed by atoms with Crippen molar-refractivity contribution in [3.8, 4) is 11.5 Å². The van der Waals surface area contributed by atoms with Crippen LogP contribution in [0.25, 0.3) is 0 Å². The molecular formula is C20H21NO3S. The third-order valence-corrected chi connectivity index (χ3v) is 6.96. The number of sulfonamides is 1. The van der Waals surface area contributed by atoms with Crippen LogP contribution < -0.4 is 4.74 Å². The van der Waals surface area contributed by atoms with Gasteiger partial charge in [0.1, 0.15) is 11.5 Å². The van der Waals surface area contributed by atoms with Gasteiger partial charge in [-0.2, -0.15) is 4.31 Å². The predicted molar refractivity (Wildman–Crippen MR) is 97.3 cm³/mol. The first-order valence-electron chi connectivity index (χ1n) is 8.59. The van der Waals surface area contributed by atoms with Gasteiger partial charge < -0.3 is 4.74 Å². The first-order chi connectivity index (χ1) is 12.1. The summed E-state index contributed by atoms with van der Waals surface area (Å²) in [6, 6.07) is 14.6. The van der Waals surface area contributed by atoms with Gasteiger partial charge in [0.2, 0.25) is 10.0 Å². The highest BCUT2D eigenvalue weighted by molar-refractivity contribution is 7.89. The molecule has 25 heavy (non-hydrogen) atoms. The van der Waals surface area contributed by atoms with Crippen LogP contribution in [0.1, 0.15) is 24.8 Å². The van der Waals surface area contributed by atoms with E-state index in [0.717, 1.165) is 30.6 Å². The van der Waals surface area contributed by atoms with Gasteiger partial charge in [-0.3, -0.25) is 0 Å². The lowest BCUT2D eigenvalue weighted by Gasteiger charge is -2.30. The van der Waals surface area contributed by atoms with Gasteiger partial charge in [-0.25, -0.2) is 8.42 Å². The molecule has 4 rings (SSSR count). The van der Waals surface area contributed by atoms with E-state index in [-0.39, 0.29) is 12.1 Å². The summed E-state index contributed by atoms with van der Waals surface area (Å²) in [4.78, 5) is 0.330. The maximum absolute atomic E-state index is 13.0. The lowest BCUT2D eigenvalue weighted by molar-refractivity contribution is 0.341. The fourth-order valence-electron chi connectivity index (χ4n) is 3.66. The monoisotopic (exact) mass is 355 g/mol. The van der Waals surface area contributed by atoms with Gasteiger partial charge in [0.25, 0.3) is 0 Å². The topological polar surface area (TPSA) is 46.6 Å². The van der Waals surface area contributed by atoms with Crippen molar-refractivity contribution in [2.24, 2.45) is 0 Å². The third kappa shape index (κ3) is 2.98. The normalized spacial score (nSPS) is 22.9. The number of benzene rings is 2. The second kappa shape index (κ2) is 6.32. The SMILES string of the molecule is Cc1ccccc1Oc1ccc(S(=O)(=O)N2C3C=CCC2CC3)cc1. The summed E-state index contributed by atoms with van der Waals surface area (Å²) in [6.07, 6.45) is 6.79. The van der Waals surface area contributed by atoms with E-state index in [4.69, 9.17) is 4.74 Å². The minimum atomic E-state index is -3.47. The van der Waals surface area contributed by atoms with Crippen LogP contribution in [-0.4, -0.2) is 24.8 Å². The number of aryl methyl sites for hydroxylation is 1. The summed E-state index contributed by atoms with van der Waals surface area (Å²) < 4.78 is 33.6. The molecule has 1 fully saturated rings. The van der Waals surface area contributed by atoms with Gasteiger partial charge in [0, 0.05) is 12.1 Å². The predicted octanol–water partition coefficient (Wildman–Crippen LogP) is 4.27. The second-order valence-corrected chi connectivity index (χ2v) is 8.48. The molecule has 2 heterocycles. The summed E-state index contributed by atoms with van der Waals surface area (Å²) in [6.45, 7) is 1.98. The minimum Gasteiger partial charge on any atom is -0.457 e. The molecular weight excluding hydrogens is 334 g/mol. The van der Waals surface area contributed by atoms with Crippen molar-refractivity contribution in [2.75, 3.05) is 0 Å². The number of rotatable bonds is 4.